The Kier molecular flexibility index (Phi) is 5.49. The average Bonchev–Trinajstić information content (AvgIpc) is 3.08. The molecule has 2 N–H and O–H groups in total. The number of nitrogens with one attached hydrogen (secondary N) is 2. The largest absolute Gasteiger partial charge is 0.317 e. The SMILES string of the molecule is Cc1nc(NC(=O)c2cn(C3CCNCC3)nn2)sc1C.Cl. The van der Waals surface area contributed by atoms with E-state index in [9.17, 15) is 4.79 Å². The summed E-state index contributed by atoms with van der Waals surface area (Å²) >= 11 is 1.47. The second-order valence-corrected chi connectivity index (χ2v) is 6.38. The quantitative estimate of drug-likeness (QED) is 0.890. The van der Waals surface area contributed by atoms with Crippen LogP contribution in [0.2, 0.25) is 0 Å². The molecule has 7 nitrogen and oxygen atoms in total. The van der Waals surface area contributed by atoms with Crippen LogP contribution in [-0.2, 0) is 0 Å². The molecule has 1 aliphatic heterocycles. The maximum atomic E-state index is 12.2. The minimum absolute atomic E-state index is 0. The minimum Gasteiger partial charge on any atom is -0.317 e. The number of rotatable bonds is 3. The Morgan fingerprint density at radius 2 is 2.14 bits per heavy atom. The van der Waals surface area contributed by atoms with Crippen LogP contribution in [0.4, 0.5) is 5.13 Å². The number of piperidine rings is 1. The van der Waals surface area contributed by atoms with E-state index >= 15 is 0 Å². The van der Waals surface area contributed by atoms with Gasteiger partial charge in [-0.15, -0.1) is 28.8 Å². The predicted octanol–water partition coefficient (Wildman–Crippen LogP) is 1.95. The summed E-state index contributed by atoms with van der Waals surface area (Å²) in [5, 5.41) is 14.7. The Morgan fingerprint density at radius 1 is 1.41 bits per heavy atom. The van der Waals surface area contributed by atoms with Crippen LogP contribution in [0.5, 0.6) is 0 Å². The number of amides is 1. The zero-order valence-electron chi connectivity index (χ0n) is 12.5. The summed E-state index contributed by atoms with van der Waals surface area (Å²) in [6.07, 6.45) is 3.74. The smallest absolute Gasteiger partial charge is 0.279 e. The molecule has 1 amide bonds. The molecule has 0 unspecified atom stereocenters. The molecule has 0 aliphatic carbocycles. The second-order valence-electron chi connectivity index (χ2n) is 5.18. The fourth-order valence-electron chi connectivity index (χ4n) is 2.32. The molecule has 0 bridgehead atoms. The van der Waals surface area contributed by atoms with E-state index in [-0.39, 0.29) is 18.3 Å². The Balaban J connectivity index is 0.00000176. The van der Waals surface area contributed by atoms with E-state index in [1.165, 1.54) is 11.3 Å². The second kappa shape index (κ2) is 7.17. The van der Waals surface area contributed by atoms with Gasteiger partial charge >= 0.3 is 0 Å². The van der Waals surface area contributed by atoms with Crippen molar-refractivity contribution in [2.24, 2.45) is 0 Å². The maximum absolute atomic E-state index is 12.2. The Labute approximate surface area is 138 Å². The Hall–Kier alpha value is -1.51. The summed E-state index contributed by atoms with van der Waals surface area (Å²) in [5.74, 6) is -0.260. The van der Waals surface area contributed by atoms with Gasteiger partial charge in [-0.1, -0.05) is 5.21 Å². The van der Waals surface area contributed by atoms with Crippen LogP contribution in [0, 0.1) is 13.8 Å². The van der Waals surface area contributed by atoms with Crippen LogP contribution in [0.3, 0.4) is 0 Å². The van der Waals surface area contributed by atoms with Crippen molar-refractivity contribution in [2.45, 2.75) is 32.7 Å². The molecular weight excluding hydrogens is 324 g/mol. The van der Waals surface area contributed by atoms with E-state index in [4.69, 9.17) is 0 Å². The van der Waals surface area contributed by atoms with Crippen LogP contribution in [0.25, 0.3) is 0 Å². The molecule has 0 aromatic carbocycles. The van der Waals surface area contributed by atoms with Gasteiger partial charge in [-0.2, -0.15) is 0 Å². The highest BCUT2D eigenvalue weighted by molar-refractivity contribution is 7.15. The molecule has 22 heavy (non-hydrogen) atoms. The number of nitrogens with zero attached hydrogens (tertiary/aromatic N) is 4. The van der Waals surface area contributed by atoms with Crippen molar-refractivity contribution in [3.05, 3.63) is 22.5 Å². The van der Waals surface area contributed by atoms with Gasteiger partial charge in [0.15, 0.2) is 10.8 Å². The highest BCUT2D eigenvalue weighted by atomic mass is 35.5. The standard InChI is InChI=1S/C13H18N6OS.ClH/c1-8-9(2)21-13(15-8)16-12(20)11-7-19(18-17-11)10-3-5-14-6-4-10;/h7,10,14H,3-6H2,1-2H3,(H,15,16,20);1H. The van der Waals surface area contributed by atoms with Gasteiger partial charge in [0, 0.05) is 4.88 Å². The van der Waals surface area contributed by atoms with Crippen LogP contribution in [0.1, 0.15) is 39.9 Å². The lowest BCUT2D eigenvalue weighted by molar-refractivity contribution is 0.102. The highest BCUT2D eigenvalue weighted by Gasteiger charge is 2.19. The molecular formula is C13H19ClN6OS. The number of halogens is 1. The van der Waals surface area contributed by atoms with Crippen molar-refractivity contribution in [1.29, 1.82) is 0 Å². The first-order valence-electron chi connectivity index (χ1n) is 7.01. The molecule has 1 aliphatic rings. The van der Waals surface area contributed by atoms with E-state index in [0.717, 1.165) is 36.5 Å². The number of carbonyl (C=O) groups excluding carboxylic acids is 1. The van der Waals surface area contributed by atoms with Crippen molar-refractivity contribution in [1.82, 2.24) is 25.3 Å². The highest BCUT2D eigenvalue weighted by Crippen LogP contribution is 2.22. The molecule has 1 saturated heterocycles. The van der Waals surface area contributed by atoms with Crippen molar-refractivity contribution in [3.63, 3.8) is 0 Å². The molecule has 0 saturated carbocycles. The number of hydrogen-bond donors (Lipinski definition) is 2. The molecule has 2 aromatic heterocycles. The van der Waals surface area contributed by atoms with E-state index in [1.807, 2.05) is 13.8 Å². The zero-order valence-corrected chi connectivity index (χ0v) is 14.1. The molecule has 120 valence electrons. The summed E-state index contributed by atoms with van der Waals surface area (Å²) in [7, 11) is 0. The average molecular weight is 343 g/mol. The van der Waals surface area contributed by atoms with Gasteiger partial charge in [0.1, 0.15) is 0 Å². The topological polar surface area (TPSA) is 84.7 Å². The molecule has 3 rings (SSSR count). The van der Waals surface area contributed by atoms with Crippen molar-refractivity contribution >= 4 is 34.8 Å². The van der Waals surface area contributed by atoms with Gasteiger partial charge in [-0.3, -0.25) is 10.1 Å². The van der Waals surface area contributed by atoms with E-state index in [1.54, 1.807) is 10.9 Å². The molecule has 1 fully saturated rings. The molecule has 0 spiro atoms. The van der Waals surface area contributed by atoms with Crippen molar-refractivity contribution < 1.29 is 4.79 Å². The van der Waals surface area contributed by atoms with Crippen LogP contribution in [0.15, 0.2) is 6.20 Å². The number of thiazole rings is 1. The van der Waals surface area contributed by atoms with E-state index < -0.39 is 0 Å². The molecule has 2 aromatic rings. The van der Waals surface area contributed by atoms with Gasteiger partial charge in [-0.25, -0.2) is 9.67 Å². The molecule has 0 radical (unpaired) electrons. The lowest BCUT2D eigenvalue weighted by atomic mass is 10.1. The molecule has 9 heteroatoms. The van der Waals surface area contributed by atoms with Gasteiger partial charge in [0.2, 0.25) is 0 Å². The summed E-state index contributed by atoms with van der Waals surface area (Å²) in [6.45, 7) is 5.86. The normalized spacial score (nSPS) is 15.4. The predicted molar refractivity (Wildman–Crippen MR) is 88.0 cm³/mol. The number of anilines is 1. The minimum atomic E-state index is -0.260. The number of aryl methyl sites for hydroxylation is 2. The van der Waals surface area contributed by atoms with Crippen LogP contribution in [-0.4, -0.2) is 39.0 Å². The van der Waals surface area contributed by atoms with E-state index in [0.29, 0.717) is 16.9 Å². The first-order valence-corrected chi connectivity index (χ1v) is 7.83. The zero-order chi connectivity index (χ0) is 14.8. The fourth-order valence-corrected chi connectivity index (χ4v) is 3.13. The Bertz CT molecular complexity index is 629. The summed E-state index contributed by atoms with van der Waals surface area (Å²) in [5.41, 5.74) is 1.27. The molecule has 0 atom stereocenters. The molecule has 3 heterocycles. The number of hydrogen-bond acceptors (Lipinski definition) is 6. The first-order chi connectivity index (χ1) is 10.1. The fraction of sp³-hybridized carbons (Fsp3) is 0.538. The van der Waals surface area contributed by atoms with Crippen molar-refractivity contribution in [3.8, 4) is 0 Å². The summed E-state index contributed by atoms with van der Waals surface area (Å²) < 4.78 is 1.80. The van der Waals surface area contributed by atoms with Crippen LogP contribution >= 0.6 is 23.7 Å². The Morgan fingerprint density at radius 3 is 2.77 bits per heavy atom. The maximum Gasteiger partial charge on any atom is 0.279 e. The third kappa shape index (κ3) is 3.63. The summed E-state index contributed by atoms with van der Waals surface area (Å²) in [6, 6.07) is 0.324. The third-order valence-electron chi connectivity index (χ3n) is 3.67. The van der Waals surface area contributed by atoms with Gasteiger partial charge < -0.3 is 5.32 Å². The van der Waals surface area contributed by atoms with E-state index in [2.05, 4.69) is 25.9 Å². The third-order valence-corrected chi connectivity index (χ3v) is 4.66. The van der Waals surface area contributed by atoms with Crippen molar-refractivity contribution in [2.75, 3.05) is 18.4 Å². The van der Waals surface area contributed by atoms with Crippen LogP contribution < -0.4 is 10.6 Å². The van der Waals surface area contributed by atoms with Gasteiger partial charge in [0.25, 0.3) is 5.91 Å². The number of carbonyl (C=O) groups is 1. The first kappa shape index (κ1) is 16.9. The number of aromatic nitrogens is 4. The summed E-state index contributed by atoms with van der Waals surface area (Å²) in [4.78, 5) is 17.6. The lowest BCUT2D eigenvalue weighted by Crippen LogP contribution is -2.29. The monoisotopic (exact) mass is 342 g/mol. The van der Waals surface area contributed by atoms with Gasteiger partial charge in [0.05, 0.1) is 17.9 Å². The van der Waals surface area contributed by atoms with Gasteiger partial charge in [-0.05, 0) is 39.8 Å². The lowest BCUT2D eigenvalue weighted by Gasteiger charge is -2.21.